The molecule has 0 bridgehead atoms. The van der Waals surface area contributed by atoms with Gasteiger partial charge in [-0.1, -0.05) is 15.9 Å². The van der Waals surface area contributed by atoms with Crippen molar-refractivity contribution in [3.63, 3.8) is 0 Å². The molecule has 1 rings (SSSR count). The Bertz CT molecular complexity index is 307. The van der Waals surface area contributed by atoms with E-state index in [0.29, 0.717) is 17.6 Å². The highest BCUT2D eigenvalue weighted by atomic mass is 79.9. The van der Waals surface area contributed by atoms with Crippen molar-refractivity contribution in [1.29, 1.82) is 0 Å². The molecule has 0 atom stereocenters. The first-order chi connectivity index (χ1) is 6.27. The van der Waals surface area contributed by atoms with Gasteiger partial charge >= 0.3 is 5.97 Å². The molecule has 0 N–H and O–H groups in total. The van der Waals surface area contributed by atoms with Crippen LogP contribution in [0.2, 0.25) is 0 Å². The van der Waals surface area contributed by atoms with Gasteiger partial charge in [-0.05, 0) is 24.6 Å². The first kappa shape index (κ1) is 13.4. The zero-order chi connectivity index (χ0) is 9.68. The lowest BCUT2D eigenvalue weighted by atomic mass is 10.2. The molecule has 0 aromatic carbocycles. The second kappa shape index (κ2) is 6.79. The van der Waals surface area contributed by atoms with E-state index in [1.807, 2.05) is 6.07 Å². The standard InChI is InChI=1S/C9H10BrNO2.ClH/c1-2-13-9(12)8-5-7(6-10)3-4-11-8;/h3-5H,2,6H2,1H3;1H. The lowest BCUT2D eigenvalue weighted by Crippen LogP contribution is -2.07. The van der Waals surface area contributed by atoms with Gasteiger partial charge in [0, 0.05) is 11.5 Å². The number of hydrogen-bond acceptors (Lipinski definition) is 3. The number of halogens is 2. The van der Waals surface area contributed by atoms with Crippen LogP contribution in [0.1, 0.15) is 23.0 Å². The van der Waals surface area contributed by atoms with E-state index < -0.39 is 0 Å². The quantitative estimate of drug-likeness (QED) is 0.631. The second-order valence-electron chi connectivity index (χ2n) is 2.40. The highest BCUT2D eigenvalue weighted by molar-refractivity contribution is 9.08. The summed E-state index contributed by atoms with van der Waals surface area (Å²) in [6, 6.07) is 3.56. The largest absolute Gasteiger partial charge is 0.461 e. The topological polar surface area (TPSA) is 39.2 Å². The molecule has 0 saturated heterocycles. The number of ether oxygens (including phenoxy) is 1. The minimum Gasteiger partial charge on any atom is -0.461 e. The van der Waals surface area contributed by atoms with E-state index in [1.165, 1.54) is 0 Å². The fourth-order valence-corrected chi connectivity index (χ4v) is 1.22. The summed E-state index contributed by atoms with van der Waals surface area (Å²) in [4.78, 5) is 15.1. The number of alkyl halides is 1. The van der Waals surface area contributed by atoms with Gasteiger partial charge in [0.15, 0.2) is 0 Å². The highest BCUT2D eigenvalue weighted by Crippen LogP contribution is 2.07. The maximum Gasteiger partial charge on any atom is 0.356 e. The van der Waals surface area contributed by atoms with Crippen LogP contribution in [0.5, 0.6) is 0 Å². The van der Waals surface area contributed by atoms with Gasteiger partial charge in [-0.25, -0.2) is 9.78 Å². The molecule has 3 nitrogen and oxygen atoms in total. The van der Waals surface area contributed by atoms with Crippen molar-refractivity contribution in [1.82, 2.24) is 4.98 Å². The lowest BCUT2D eigenvalue weighted by molar-refractivity contribution is 0.0519. The van der Waals surface area contributed by atoms with Crippen LogP contribution in [0.25, 0.3) is 0 Å². The molecule has 0 aliphatic heterocycles. The molecule has 1 heterocycles. The normalized spacial score (nSPS) is 9.00. The van der Waals surface area contributed by atoms with Crippen LogP contribution in [0.3, 0.4) is 0 Å². The van der Waals surface area contributed by atoms with E-state index in [-0.39, 0.29) is 18.4 Å². The summed E-state index contributed by atoms with van der Waals surface area (Å²) in [6.07, 6.45) is 1.60. The van der Waals surface area contributed by atoms with Gasteiger partial charge < -0.3 is 4.74 Å². The number of hydrogen-bond donors (Lipinski definition) is 0. The van der Waals surface area contributed by atoms with Crippen molar-refractivity contribution < 1.29 is 9.53 Å². The average Bonchev–Trinajstić information content (AvgIpc) is 2.18. The Morgan fingerprint density at radius 2 is 2.36 bits per heavy atom. The molecule has 5 heteroatoms. The Labute approximate surface area is 97.4 Å². The van der Waals surface area contributed by atoms with Crippen LogP contribution in [0.15, 0.2) is 18.3 Å². The Kier molecular flexibility index (Phi) is 6.49. The van der Waals surface area contributed by atoms with Gasteiger partial charge in [-0.15, -0.1) is 12.4 Å². The summed E-state index contributed by atoms with van der Waals surface area (Å²) in [5.41, 5.74) is 1.37. The Morgan fingerprint density at radius 3 is 2.93 bits per heavy atom. The van der Waals surface area contributed by atoms with Crippen LogP contribution in [-0.2, 0) is 10.1 Å². The van der Waals surface area contributed by atoms with E-state index in [0.717, 1.165) is 5.56 Å². The molecule has 78 valence electrons. The van der Waals surface area contributed by atoms with E-state index >= 15 is 0 Å². The SMILES string of the molecule is CCOC(=O)c1cc(CBr)ccn1.Cl. The maximum absolute atomic E-state index is 11.2. The second-order valence-corrected chi connectivity index (χ2v) is 2.96. The van der Waals surface area contributed by atoms with Crippen LogP contribution < -0.4 is 0 Å². The molecule has 0 unspecified atom stereocenters. The Hall–Kier alpha value is -0.610. The number of carbonyl (C=O) groups excluding carboxylic acids is 1. The van der Waals surface area contributed by atoms with Crippen LogP contribution >= 0.6 is 28.3 Å². The number of carbonyl (C=O) groups is 1. The lowest BCUT2D eigenvalue weighted by Gasteiger charge is -2.01. The van der Waals surface area contributed by atoms with Crippen molar-refractivity contribution >= 4 is 34.3 Å². The molecule has 0 aliphatic rings. The molecular formula is C9H11BrClNO2. The highest BCUT2D eigenvalue weighted by Gasteiger charge is 2.07. The van der Waals surface area contributed by atoms with E-state index in [9.17, 15) is 4.79 Å². The zero-order valence-corrected chi connectivity index (χ0v) is 10.1. The molecular weight excluding hydrogens is 269 g/mol. The van der Waals surface area contributed by atoms with Crippen molar-refractivity contribution in [2.24, 2.45) is 0 Å². The van der Waals surface area contributed by atoms with Crippen LogP contribution in [-0.4, -0.2) is 17.6 Å². The van der Waals surface area contributed by atoms with Crippen LogP contribution in [0.4, 0.5) is 0 Å². The van der Waals surface area contributed by atoms with Gasteiger partial charge in [0.1, 0.15) is 5.69 Å². The summed E-state index contributed by atoms with van der Waals surface area (Å²) < 4.78 is 4.81. The summed E-state index contributed by atoms with van der Waals surface area (Å²) in [6.45, 7) is 2.14. The van der Waals surface area contributed by atoms with E-state index in [4.69, 9.17) is 4.74 Å². The number of esters is 1. The molecule has 0 spiro atoms. The van der Waals surface area contributed by atoms with Crippen molar-refractivity contribution in [3.05, 3.63) is 29.6 Å². The zero-order valence-electron chi connectivity index (χ0n) is 7.70. The van der Waals surface area contributed by atoms with Crippen molar-refractivity contribution in [3.8, 4) is 0 Å². The van der Waals surface area contributed by atoms with Gasteiger partial charge in [0.05, 0.1) is 6.61 Å². The third-order valence-corrected chi connectivity index (χ3v) is 2.11. The Balaban J connectivity index is 0.00000169. The van der Waals surface area contributed by atoms with E-state index in [2.05, 4.69) is 20.9 Å². The summed E-state index contributed by atoms with van der Waals surface area (Å²) in [5.74, 6) is -0.370. The first-order valence-corrected chi connectivity index (χ1v) is 5.08. The average molecular weight is 281 g/mol. The fraction of sp³-hybridized carbons (Fsp3) is 0.333. The molecule has 0 fully saturated rings. The summed E-state index contributed by atoms with van der Waals surface area (Å²) in [7, 11) is 0. The molecule has 14 heavy (non-hydrogen) atoms. The van der Waals surface area contributed by atoms with Gasteiger partial charge in [0.25, 0.3) is 0 Å². The van der Waals surface area contributed by atoms with Crippen LogP contribution in [0, 0.1) is 0 Å². The third-order valence-electron chi connectivity index (χ3n) is 1.46. The molecule has 1 aromatic heterocycles. The van der Waals surface area contributed by atoms with Gasteiger partial charge in [-0.2, -0.15) is 0 Å². The Morgan fingerprint density at radius 1 is 1.64 bits per heavy atom. The third kappa shape index (κ3) is 3.64. The maximum atomic E-state index is 11.2. The first-order valence-electron chi connectivity index (χ1n) is 3.96. The molecule has 0 radical (unpaired) electrons. The van der Waals surface area contributed by atoms with Gasteiger partial charge in [-0.3, -0.25) is 0 Å². The monoisotopic (exact) mass is 279 g/mol. The van der Waals surface area contributed by atoms with Gasteiger partial charge in [0.2, 0.25) is 0 Å². The molecule has 0 aliphatic carbocycles. The molecule has 0 saturated carbocycles. The summed E-state index contributed by atoms with van der Waals surface area (Å²) in [5, 5.41) is 0.710. The van der Waals surface area contributed by atoms with E-state index in [1.54, 1.807) is 19.2 Å². The molecule has 0 amide bonds. The number of rotatable bonds is 3. The minimum absolute atomic E-state index is 0. The smallest absolute Gasteiger partial charge is 0.356 e. The molecule has 1 aromatic rings. The number of aromatic nitrogens is 1. The minimum atomic E-state index is -0.370. The fourth-order valence-electron chi connectivity index (χ4n) is 0.874. The number of pyridine rings is 1. The van der Waals surface area contributed by atoms with Crippen molar-refractivity contribution in [2.45, 2.75) is 12.3 Å². The number of nitrogens with zero attached hydrogens (tertiary/aromatic N) is 1. The summed E-state index contributed by atoms with van der Waals surface area (Å²) >= 11 is 3.30. The predicted molar refractivity (Wildman–Crippen MR) is 60.1 cm³/mol. The van der Waals surface area contributed by atoms with Crippen molar-refractivity contribution in [2.75, 3.05) is 6.61 Å². The predicted octanol–water partition coefficient (Wildman–Crippen LogP) is 2.58.